The lowest BCUT2D eigenvalue weighted by atomic mass is 10.3. The Kier molecular flexibility index (Phi) is 5.21. The minimum atomic E-state index is -0.441. The van der Waals surface area contributed by atoms with Gasteiger partial charge in [-0.1, -0.05) is 6.07 Å². The first-order chi connectivity index (χ1) is 10.0. The van der Waals surface area contributed by atoms with E-state index in [0.717, 1.165) is 11.3 Å². The van der Waals surface area contributed by atoms with E-state index < -0.39 is 5.91 Å². The molecule has 112 valence electrons. The van der Waals surface area contributed by atoms with Crippen molar-refractivity contribution in [2.75, 3.05) is 24.6 Å². The molecule has 0 spiro atoms. The minimum absolute atomic E-state index is 0.0354. The van der Waals surface area contributed by atoms with Crippen molar-refractivity contribution in [2.24, 2.45) is 0 Å². The maximum atomic E-state index is 11.7. The van der Waals surface area contributed by atoms with Crippen molar-refractivity contribution in [2.45, 2.75) is 17.7 Å². The largest absolute Gasteiger partial charge is 0.399 e. The van der Waals surface area contributed by atoms with Crippen LogP contribution in [-0.4, -0.2) is 41.5 Å². The Labute approximate surface area is 127 Å². The van der Waals surface area contributed by atoms with Crippen LogP contribution in [0.4, 0.5) is 5.69 Å². The summed E-state index contributed by atoms with van der Waals surface area (Å²) in [5.41, 5.74) is 6.27. The average molecular weight is 307 g/mol. The second-order valence-electron chi connectivity index (χ2n) is 4.75. The van der Waals surface area contributed by atoms with Crippen LogP contribution in [0, 0.1) is 0 Å². The van der Waals surface area contributed by atoms with Crippen molar-refractivity contribution in [1.29, 1.82) is 0 Å². The molecular formula is C14H17N3O3S. The summed E-state index contributed by atoms with van der Waals surface area (Å²) < 4.78 is 0. The highest BCUT2D eigenvalue weighted by Crippen LogP contribution is 2.19. The highest BCUT2D eigenvalue weighted by Gasteiger charge is 2.22. The number of rotatable bonds is 5. The summed E-state index contributed by atoms with van der Waals surface area (Å²) in [6.07, 6.45) is 1.25. The molecule has 1 aromatic rings. The number of likely N-dealkylation sites (tertiary alicyclic amines) is 1. The molecule has 1 aliphatic heterocycles. The molecule has 3 amide bonds. The van der Waals surface area contributed by atoms with Gasteiger partial charge in [0.15, 0.2) is 0 Å². The molecule has 6 nitrogen and oxygen atoms in total. The summed E-state index contributed by atoms with van der Waals surface area (Å²) in [5, 5.41) is 2.29. The summed E-state index contributed by atoms with van der Waals surface area (Å²) in [5.74, 6) is -0.724. The van der Waals surface area contributed by atoms with Gasteiger partial charge in [0, 0.05) is 23.5 Å². The van der Waals surface area contributed by atoms with Gasteiger partial charge in [0.25, 0.3) is 0 Å². The van der Waals surface area contributed by atoms with E-state index in [0.29, 0.717) is 18.7 Å². The molecule has 1 heterocycles. The van der Waals surface area contributed by atoms with Gasteiger partial charge in [0.2, 0.25) is 17.7 Å². The van der Waals surface area contributed by atoms with Gasteiger partial charge in [-0.3, -0.25) is 19.7 Å². The first-order valence-electron chi connectivity index (χ1n) is 6.63. The monoisotopic (exact) mass is 307 g/mol. The van der Waals surface area contributed by atoms with Gasteiger partial charge in [0.1, 0.15) is 0 Å². The maximum absolute atomic E-state index is 11.7. The van der Waals surface area contributed by atoms with Crippen LogP contribution in [0.25, 0.3) is 0 Å². The Hall–Kier alpha value is -2.02. The second kappa shape index (κ2) is 7.12. The molecule has 0 aliphatic carbocycles. The van der Waals surface area contributed by atoms with E-state index in [1.54, 1.807) is 18.2 Å². The summed E-state index contributed by atoms with van der Waals surface area (Å²) >= 11 is 1.30. The van der Waals surface area contributed by atoms with Crippen LogP contribution in [0.3, 0.4) is 0 Å². The smallest absolute Gasteiger partial charge is 0.246 e. The van der Waals surface area contributed by atoms with Crippen LogP contribution in [0.2, 0.25) is 0 Å². The molecule has 1 fully saturated rings. The Balaban J connectivity index is 1.74. The number of nitrogens with one attached hydrogen (secondary N) is 1. The molecule has 0 atom stereocenters. The van der Waals surface area contributed by atoms with E-state index in [-0.39, 0.29) is 24.1 Å². The molecule has 7 heteroatoms. The predicted octanol–water partition coefficient (Wildman–Crippen LogP) is 0.626. The molecule has 1 aliphatic rings. The highest BCUT2D eigenvalue weighted by atomic mass is 32.2. The topological polar surface area (TPSA) is 92.5 Å². The van der Waals surface area contributed by atoms with Gasteiger partial charge in [-0.2, -0.15) is 0 Å². The van der Waals surface area contributed by atoms with Crippen molar-refractivity contribution in [3.05, 3.63) is 24.3 Å². The number of nitrogen functional groups attached to an aromatic ring is 1. The van der Waals surface area contributed by atoms with Crippen LogP contribution in [-0.2, 0) is 14.4 Å². The van der Waals surface area contributed by atoms with E-state index in [2.05, 4.69) is 5.32 Å². The molecule has 0 aromatic heterocycles. The van der Waals surface area contributed by atoms with Crippen LogP contribution in [0.1, 0.15) is 12.8 Å². The lowest BCUT2D eigenvalue weighted by Gasteiger charge is -2.14. The van der Waals surface area contributed by atoms with Gasteiger partial charge in [0.05, 0.1) is 12.3 Å². The number of thioether (sulfide) groups is 1. The third kappa shape index (κ3) is 4.78. The third-order valence-corrected chi connectivity index (χ3v) is 4.01. The first-order valence-corrected chi connectivity index (χ1v) is 7.62. The standard InChI is InChI=1S/C14H17N3O3S/c15-10-3-1-4-11(7-10)21-9-13(19)16-12(18)8-17-6-2-5-14(17)20/h1,3-4,7H,2,5-6,8-9,15H2,(H,16,18,19). The molecule has 2 rings (SSSR count). The number of hydrogen-bond donors (Lipinski definition) is 2. The zero-order valence-corrected chi connectivity index (χ0v) is 12.3. The van der Waals surface area contributed by atoms with Crippen LogP contribution < -0.4 is 11.1 Å². The average Bonchev–Trinajstić information content (AvgIpc) is 2.82. The number of carbonyl (C=O) groups excluding carboxylic acids is 3. The van der Waals surface area contributed by atoms with Crippen LogP contribution in [0.5, 0.6) is 0 Å². The minimum Gasteiger partial charge on any atom is -0.399 e. The Morgan fingerprint density at radius 2 is 2.14 bits per heavy atom. The van der Waals surface area contributed by atoms with Gasteiger partial charge >= 0.3 is 0 Å². The first kappa shape index (κ1) is 15.4. The SMILES string of the molecule is Nc1cccc(SCC(=O)NC(=O)CN2CCCC2=O)c1. The number of nitrogens with two attached hydrogens (primary N) is 1. The normalized spacial score (nSPS) is 14.3. The summed E-state index contributed by atoms with van der Waals surface area (Å²) in [6.45, 7) is 0.534. The lowest BCUT2D eigenvalue weighted by molar-refractivity contribution is -0.135. The van der Waals surface area contributed by atoms with E-state index in [1.807, 2.05) is 6.07 Å². The number of amides is 3. The molecule has 0 bridgehead atoms. The fourth-order valence-electron chi connectivity index (χ4n) is 2.03. The van der Waals surface area contributed by atoms with Crippen molar-refractivity contribution in [3.8, 4) is 0 Å². The number of benzene rings is 1. The summed E-state index contributed by atoms with van der Waals surface area (Å²) in [7, 11) is 0. The maximum Gasteiger partial charge on any atom is 0.246 e. The van der Waals surface area contributed by atoms with E-state index >= 15 is 0 Å². The number of imide groups is 1. The Bertz CT molecular complexity index is 562. The van der Waals surface area contributed by atoms with Crippen molar-refractivity contribution in [3.63, 3.8) is 0 Å². The Morgan fingerprint density at radius 1 is 1.33 bits per heavy atom. The second-order valence-corrected chi connectivity index (χ2v) is 5.80. The van der Waals surface area contributed by atoms with E-state index in [1.165, 1.54) is 16.7 Å². The molecule has 1 saturated heterocycles. The lowest BCUT2D eigenvalue weighted by Crippen LogP contribution is -2.41. The van der Waals surface area contributed by atoms with Gasteiger partial charge in [-0.25, -0.2) is 0 Å². The predicted molar refractivity (Wildman–Crippen MR) is 80.5 cm³/mol. The van der Waals surface area contributed by atoms with E-state index in [4.69, 9.17) is 5.73 Å². The molecule has 3 N–H and O–H groups in total. The molecular weight excluding hydrogens is 290 g/mol. The summed E-state index contributed by atoms with van der Waals surface area (Å²) in [4.78, 5) is 37.1. The zero-order chi connectivity index (χ0) is 15.2. The van der Waals surface area contributed by atoms with E-state index in [9.17, 15) is 14.4 Å². The fourth-order valence-corrected chi connectivity index (χ4v) is 2.79. The third-order valence-electron chi connectivity index (χ3n) is 3.01. The summed E-state index contributed by atoms with van der Waals surface area (Å²) in [6, 6.07) is 7.18. The number of nitrogens with zero attached hydrogens (tertiary/aromatic N) is 1. The van der Waals surface area contributed by atoms with Crippen molar-refractivity contribution >= 4 is 35.2 Å². The Morgan fingerprint density at radius 3 is 2.81 bits per heavy atom. The highest BCUT2D eigenvalue weighted by molar-refractivity contribution is 8.00. The van der Waals surface area contributed by atoms with Gasteiger partial charge < -0.3 is 10.6 Å². The molecule has 0 unspecified atom stereocenters. The van der Waals surface area contributed by atoms with Crippen LogP contribution in [0.15, 0.2) is 29.2 Å². The van der Waals surface area contributed by atoms with Gasteiger partial charge in [-0.15, -0.1) is 11.8 Å². The molecule has 0 saturated carbocycles. The van der Waals surface area contributed by atoms with Crippen molar-refractivity contribution in [1.82, 2.24) is 10.2 Å². The molecule has 21 heavy (non-hydrogen) atoms. The fraction of sp³-hybridized carbons (Fsp3) is 0.357. The number of anilines is 1. The quantitative estimate of drug-likeness (QED) is 0.615. The van der Waals surface area contributed by atoms with Gasteiger partial charge in [-0.05, 0) is 24.6 Å². The van der Waals surface area contributed by atoms with Crippen molar-refractivity contribution < 1.29 is 14.4 Å². The molecule has 0 radical (unpaired) electrons. The zero-order valence-electron chi connectivity index (χ0n) is 11.5. The number of carbonyl (C=O) groups is 3. The van der Waals surface area contributed by atoms with Crippen LogP contribution >= 0.6 is 11.8 Å². The molecule has 1 aromatic carbocycles. The number of hydrogen-bond acceptors (Lipinski definition) is 5.